The number of ketones is 1. The molecule has 0 aliphatic carbocycles. The topological polar surface area (TPSA) is 125 Å². The predicted octanol–water partition coefficient (Wildman–Crippen LogP) is 2.70. The van der Waals surface area contributed by atoms with Gasteiger partial charge in [0.2, 0.25) is 0 Å². The summed E-state index contributed by atoms with van der Waals surface area (Å²) in [4.78, 5) is 23.3. The Balaban J connectivity index is 1.52. The summed E-state index contributed by atoms with van der Waals surface area (Å²) in [5.41, 5.74) is 7.35. The number of Topliss-reactive ketones (excluding diaryl/α,β-unsaturated/α-hetero) is 1. The molecular formula is C22H26N2O6S. The van der Waals surface area contributed by atoms with Crippen LogP contribution in [0.5, 0.6) is 5.75 Å². The minimum Gasteiger partial charge on any atom is -0.491 e. The number of ether oxygens (including phenoxy) is 2. The molecule has 0 aromatic heterocycles. The number of benzene rings is 2. The van der Waals surface area contributed by atoms with Crippen LogP contribution in [0.3, 0.4) is 0 Å². The summed E-state index contributed by atoms with van der Waals surface area (Å²) in [6, 6.07) is 11.8. The number of hydrogen-bond donors (Lipinski definition) is 2. The van der Waals surface area contributed by atoms with Crippen molar-refractivity contribution in [2.45, 2.75) is 25.9 Å². The van der Waals surface area contributed by atoms with Crippen LogP contribution in [0, 0.1) is 0 Å². The number of amides is 1. The Morgan fingerprint density at radius 3 is 2.35 bits per heavy atom. The number of anilines is 2. The average molecular weight is 447 g/mol. The smallest absolute Gasteiger partial charge is 0.250 e. The Kier molecular flexibility index (Phi) is 7.29. The fourth-order valence-corrected chi connectivity index (χ4v) is 4.73. The van der Waals surface area contributed by atoms with Crippen LogP contribution < -0.4 is 15.8 Å². The zero-order valence-electron chi connectivity index (χ0n) is 17.3. The lowest BCUT2D eigenvalue weighted by Crippen LogP contribution is -2.29. The van der Waals surface area contributed by atoms with Crippen molar-refractivity contribution in [3.8, 4) is 5.75 Å². The van der Waals surface area contributed by atoms with E-state index in [-0.39, 0.29) is 29.0 Å². The van der Waals surface area contributed by atoms with Crippen molar-refractivity contribution in [2.24, 2.45) is 5.73 Å². The van der Waals surface area contributed by atoms with E-state index in [2.05, 4.69) is 5.32 Å². The second kappa shape index (κ2) is 9.93. The molecule has 2 aromatic carbocycles. The highest BCUT2D eigenvalue weighted by molar-refractivity contribution is 7.91. The van der Waals surface area contributed by atoms with Crippen LogP contribution in [0.15, 0.2) is 42.5 Å². The molecule has 1 aliphatic rings. The minimum atomic E-state index is -2.89. The summed E-state index contributed by atoms with van der Waals surface area (Å²) >= 11 is 0. The number of primary amides is 1. The number of carbonyl (C=O) groups is 2. The lowest BCUT2D eigenvalue weighted by atomic mass is 10.1. The zero-order valence-corrected chi connectivity index (χ0v) is 18.1. The Bertz CT molecular complexity index is 1040. The van der Waals surface area contributed by atoms with Crippen LogP contribution >= 0.6 is 0 Å². The quantitative estimate of drug-likeness (QED) is 0.448. The summed E-state index contributed by atoms with van der Waals surface area (Å²) in [7, 11) is -2.89. The molecule has 1 aliphatic heterocycles. The van der Waals surface area contributed by atoms with Gasteiger partial charge < -0.3 is 20.5 Å². The van der Waals surface area contributed by atoms with Crippen molar-refractivity contribution < 1.29 is 27.5 Å². The van der Waals surface area contributed by atoms with Gasteiger partial charge in [-0.1, -0.05) is 6.07 Å². The third kappa shape index (κ3) is 6.53. The van der Waals surface area contributed by atoms with Crippen molar-refractivity contribution in [1.82, 2.24) is 0 Å². The van der Waals surface area contributed by atoms with Crippen molar-refractivity contribution in [2.75, 3.05) is 30.0 Å². The summed E-state index contributed by atoms with van der Waals surface area (Å²) in [6.45, 7) is 2.18. The molecule has 1 saturated heterocycles. The second-order valence-electron chi connectivity index (χ2n) is 7.40. The largest absolute Gasteiger partial charge is 0.491 e. The summed E-state index contributed by atoms with van der Waals surface area (Å²) < 4.78 is 34.2. The summed E-state index contributed by atoms with van der Waals surface area (Å²) in [5, 5.41) is 3.11. The first-order chi connectivity index (χ1) is 14.7. The van der Waals surface area contributed by atoms with Gasteiger partial charge in [-0.25, -0.2) is 8.42 Å². The van der Waals surface area contributed by atoms with Crippen LogP contribution in [-0.2, 0) is 14.6 Å². The standard InChI is InChI=1S/C22H26N2O6S/c1-15(25)16-2-7-20(22(23)26)21(14-16)24-17-3-5-18(6-4-17)29-10-11-30-19-8-12-31(27,28)13-9-19/h2-7,14,19,24H,8-13H2,1H3,(H2,23,26). The third-order valence-corrected chi connectivity index (χ3v) is 6.75. The van der Waals surface area contributed by atoms with Gasteiger partial charge in [0.25, 0.3) is 5.91 Å². The molecule has 0 unspecified atom stereocenters. The minimum absolute atomic E-state index is 0.0380. The van der Waals surface area contributed by atoms with Gasteiger partial charge in [-0.05, 0) is 56.2 Å². The fourth-order valence-electron chi connectivity index (χ4n) is 3.28. The number of carbonyl (C=O) groups excluding carboxylic acids is 2. The number of rotatable bonds is 9. The molecule has 3 rings (SSSR count). The molecule has 0 spiro atoms. The van der Waals surface area contributed by atoms with E-state index in [1.54, 1.807) is 36.4 Å². The maximum atomic E-state index is 11.7. The first kappa shape index (κ1) is 22.8. The highest BCUT2D eigenvalue weighted by Crippen LogP contribution is 2.24. The molecule has 2 aromatic rings. The monoisotopic (exact) mass is 446 g/mol. The van der Waals surface area contributed by atoms with Gasteiger partial charge in [0, 0.05) is 11.3 Å². The predicted molar refractivity (Wildman–Crippen MR) is 118 cm³/mol. The zero-order chi connectivity index (χ0) is 22.4. The number of nitrogens with one attached hydrogen (secondary N) is 1. The fraction of sp³-hybridized carbons (Fsp3) is 0.364. The van der Waals surface area contributed by atoms with E-state index in [0.29, 0.717) is 48.7 Å². The highest BCUT2D eigenvalue weighted by Gasteiger charge is 2.23. The maximum absolute atomic E-state index is 11.7. The molecule has 1 fully saturated rings. The van der Waals surface area contributed by atoms with Crippen molar-refractivity contribution in [3.63, 3.8) is 0 Å². The molecule has 0 radical (unpaired) electrons. The van der Waals surface area contributed by atoms with E-state index in [1.165, 1.54) is 13.0 Å². The van der Waals surface area contributed by atoms with Crippen molar-refractivity contribution in [3.05, 3.63) is 53.6 Å². The van der Waals surface area contributed by atoms with Gasteiger partial charge in [-0.15, -0.1) is 0 Å². The third-order valence-electron chi connectivity index (χ3n) is 5.03. The highest BCUT2D eigenvalue weighted by atomic mass is 32.2. The summed E-state index contributed by atoms with van der Waals surface area (Å²) in [6.07, 6.45) is 1.02. The van der Waals surface area contributed by atoms with E-state index in [9.17, 15) is 18.0 Å². The van der Waals surface area contributed by atoms with Gasteiger partial charge >= 0.3 is 0 Å². The molecular weight excluding hydrogens is 420 g/mol. The Morgan fingerprint density at radius 1 is 1.06 bits per heavy atom. The number of nitrogens with two attached hydrogens (primary N) is 1. The molecule has 3 N–H and O–H groups in total. The van der Waals surface area contributed by atoms with Gasteiger partial charge in [0.05, 0.1) is 35.5 Å². The van der Waals surface area contributed by atoms with Gasteiger partial charge in [0.15, 0.2) is 15.6 Å². The van der Waals surface area contributed by atoms with Crippen LogP contribution in [0.1, 0.15) is 40.5 Å². The first-order valence-electron chi connectivity index (χ1n) is 10.0. The van der Waals surface area contributed by atoms with Crippen LogP contribution in [0.2, 0.25) is 0 Å². The van der Waals surface area contributed by atoms with Crippen LogP contribution in [0.25, 0.3) is 0 Å². The Morgan fingerprint density at radius 2 is 1.74 bits per heavy atom. The molecule has 1 amide bonds. The van der Waals surface area contributed by atoms with Crippen molar-refractivity contribution >= 4 is 32.9 Å². The SMILES string of the molecule is CC(=O)c1ccc(C(N)=O)c(Nc2ccc(OCCOC3CCS(=O)(=O)CC3)cc2)c1. The summed E-state index contributed by atoms with van der Waals surface area (Å²) in [5.74, 6) is 0.306. The lowest BCUT2D eigenvalue weighted by molar-refractivity contribution is 0.0285. The van der Waals surface area contributed by atoms with E-state index in [4.69, 9.17) is 15.2 Å². The number of sulfone groups is 1. The Hall–Kier alpha value is -2.91. The van der Waals surface area contributed by atoms with Crippen LogP contribution in [0.4, 0.5) is 11.4 Å². The van der Waals surface area contributed by atoms with E-state index >= 15 is 0 Å². The Labute approximate surface area is 181 Å². The van der Waals surface area contributed by atoms with Crippen LogP contribution in [-0.4, -0.2) is 50.9 Å². The normalized spacial score (nSPS) is 15.9. The molecule has 8 nitrogen and oxygen atoms in total. The molecule has 0 bridgehead atoms. The molecule has 0 saturated carbocycles. The van der Waals surface area contributed by atoms with E-state index in [1.807, 2.05) is 0 Å². The number of hydrogen-bond acceptors (Lipinski definition) is 7. The van der Waals surface area contributed by atoms with E-state index < -0.39 is 15.7 Å². The second-order valence-corrected chi connectivity index (χ2v) is 9.70. The van der Waals surface area contributed by atoms with Gasteiger partial charge in [0.1, 0.15) is 12.4 Å². The first-order valence-corrected chi connectivity index (χ1v) is 11.8. The molecule has 166 valence electrons. The van der Waals surface area contributed by atoms with Crippen molar-refractivity contribution in [1.29, 1.82) is 0 Å². The van der Waals surface area contributed by atoms with Gasteiger partial charge in [-0.2, -0.15) is 0 Å². The maximum Gasteiger partial charge on any atom is 0.250 e. The molecule has 31 heavy (non-hydrogen) atoms. The average Bonchev–Trinajstić information content (AvgIpc) is 2.73. The molecule has 0 atom stereocenters. The molecule has 9 heteroatoms. The van der Waals surface area contributed by atoms with E-state index in [0.717, 1.165) is 0 Å². The lowest BCUT2D eigenvalue weighted by Gasteiger charge is -2.22. The van der Waals surface area contributed by atoms with Gasteiger partial charge in [-0.3, -0.25) is 9.59 Å². The molecule has 1 heterocycles.